The van der Waals surface area contributed by atoms with Crippen LogP contribution in [-0.2, 0) is 11.2 Å². The molecule has 0 aromatic heterocycles. The Morgan fingerprint density at radius 1 is 1.13 bits per heavy atom. The molecule has 0 saturated carbocycles. The number of carbonyl (C=O) groups excluding carboxylic acids is 1. The minimum Gasteiger partial charge on any atom is -0.356 e. The summed E-state index contributed by atoms with van der Waals surface area (Å²) in [5.41, 5.74) is 1.29. The molecular weight excluding hydrogens is 374 g/mol. The first-order valence-corrected chi connectivity index (χ1v) is 11.6. The highest BCUT2D eigenvalue weighted by Gasteiger charge is 2.29. The summed E-state index contributed by atoms with van der Waals surface area (Å²) in [6.45, 7) is 10.3. The molecule has 6 heteroatoms. The van der Waals surface area contributed by atoms with E-state index in [4.69, 9.17) is 0 Å². The molecule has 2 aliphatic rings. The van der Waals surface area contributed by atoms with Gasteiger partial charge in [-0.1, -0.05) is 30.3 Å². The molecule has 3 rings (SSSR count). The largest absolute Gasteiger partial charge is 0.356 e. The van der Waals surface area contributed by atoms with Gasteiger partial charge in [0.15, 0.2) is 5.96 Å². The molecule has 1 aromatic rings. The number of carbonyl (C=O) groups is 1. The second-order valence-electron chi connectivity index (χ2n) is 9.08. The molecule has 2 unspecified atom stereocenters. The predicted octanol–water partition coefficient (Wildman–Crippen LogP) is 2.36. The summed E-state index contributed by atoms with van der Waals surface area (Å²) in [4.78, 5) is 21.4. The van der Waals surface area contributed by atoms with Crippen molar-refractivity contribution in [1.82, 2.24) is 20.4 Å². The number of nitrogens with zero attached hydrogens (tertiary/aromatic N) is 3. The fraction of sp³-hybridized carbons (Fsp3) is 0.667. The second kappa shape index (κ2) is 11.3. The van der Waals surface area contributed by atoms with Gasteiger partial charge < -0.3 is 20.4 Å². The lowest BCUT2D eigenvalue weighted by atomic mass is 9.97. The van der Waals surface area contributed by atoms with Gasteiger partial charge in [-0.2, -0.15) is 0 Å². The Morgan fingerprint density at radius 3 is 2.57 bits per heavy atom. The first kappa shape index (κ1) is 22.6. The van der Waals surface area contributed by atoms with E-state index in [-0.39, 0.29) is 5.91 Å². The number of likely N-dealkylation sites (tertiary alicyclic amines) is 2. The number of hydrogen-bond donors (Lipinski definition) is 2. The van der Waals surface area contributed by atoms with Crippen molar-refractivity contribution in [1.29, 1.82) is 0 Å². The maximum absolute atomic E-state index is 12.4. The summed E-state index contributed by atoms with van der Waals surface area (Å²) in [7, 11) is 1.82. The van der Waals surface area contributed by atoms with Crippen molar-refractivity contribution >= 4 is 11.9 Å². The summed E-state index contributed by atoms with van der Waals surface area (Å²) in [6.07, 6.45) is 4.11. The van der Waals surface area contributed by atoms with E-state index >= 15 is 0 Å². The minimum atomic E-state index is 0.275. The topological polar surface area (TPSA) is 60.0 Å². The molecule has 2 aliphatic heterocycles. The van der Waals surface area contributed by atoms with Gasteiger partial charge in [-0.3, -0.25) is 9.79 Å². The molecule has 0 bridgehead atoms. The van der Waals surface area contributed by atoms with E-state index in [9.17, 15) is 4.79 Å². The molecule has 2 N–H and O–H groups in total. The molecule has 2 fully saturated rings. The average molecular weight is 414 g/mol. The summed E-state index contributed by atoms with van der Waals surface area (Å²) in [6, 6.07) is 11.0. The van der Waals surface area contributed by atoms with Crippen LogP contribution in [0.3, 0.4) is 0 Å². The zero-order valence-corrected chi connectivity index (χ0v) is 18.9. The first-order valence-electron chi connectivity index (χ1n) is 11.6. The Labute approximate surface area is 182 Å². The number of hydrogen-bond acceptors (Lipinski definition) is 3. The van der Waals surface area contributed by atoms with Crippen molar-refractivity contribution in [3.05, 3.63) is 35.9 Å². The molecule has 1 aromatic carbocycles. The van der Waals surface area contributed by atoms with E-state index < -0.39 is 0 Å². The summed E-state index contributed by atoms with van der Waals surface area (Å²) in [5, 5.41) is 6.95. The van der Waals surface area contributed by atoms with Gasteiger partial charge in [0.05, 0.1) is 0 Å². The Hall–Kier alpha value is -2.08. The van der Waals surface area contributed by atoms with Gasteiger partial charge >= 0.3 is 0 Å². The number of nitrogens with one attached hydrogen (secondary N) is 2. The number of aliphatic imine (C=N–C) groups is 1. The quantitative estimate of drug-likeness (QED) is 0.507. The molecule has 6 nitrogen and oxygen atoms in total. The van der Waals surface area contributed by atoms with Crippen LogP contribution in [0.5, 0.6) is 0 Å². The van der Waals surface area contributed by atoms with Crippen LogP contribution in [0.1, 0.15) is 38.7 Å². The van der Waals surface area contributed by atoms with Crippen molar-refractivity contribution in [2.75, 3.05) is 46.3 Å². The Balaban J connectivity index is 1.37. The van der Waals surface area contributed by atoms with Crippen LogP contribution in [-0.4, -0.2) is 74.0 Å². The third-order valence-electron chi connectivity index (χ3n) is 6.43. The van der Waals surface area contributed by atoms with Gasteiger partial charge in [-0.05, 0) is 51.1 Å². The second-order valence-corrected chi connectivity index (χ2v) is 9.08. The number of amides is 1. The van der Waals surface area contributed by atoms with Crippen molar-refractivity contribution in [2.24, 2.45) is 16.8 Å². The van der Waals surface area contributed by atoms with Gasteiger partial charge in [-0.25, -0.2) is 0 Å². The van der Waals surface area contributed by atoms with Gasteiger partial charge in [0.25, 0.3) is 0 Å². The maximum Gasteiger partial charge on any atom is 0.223 e. The zero-order chi connectivity index (χ0) is 21.3. The molecule has 2 atom stereocenters. The molecule has 2 heterocycles. The van der Waals surface area contributed by atoms with Crippen molar-refractivity contribution < 1.29 is 4.79 Å². The number of rotatable bonds is 8. The van der Waals surface area contributed by atoms with Crippen LogP contribution in [0.25, 0.3) is 0 Å². The summed E-state index contributed by atoms with van der Waals surface area (Å²) >= 11 is 0. The minimum absolute atomic E-state index is 0.275. The average Bonchev–Trinajstić information content (AvgIpc) is 3.12. The first-order chi connectivity index (χ1) is 14.5. The maximum atomic E-state index is 12.4. The molecule has 166 valence electrons. The number of piperidine rings is 1. The smallest absolute Gasteiger partial charge is 0.223 e. The van der Waals surface area contributed by atoms with E-state index in [0.29, 0.717) is 24.3 Å². The third kappa shape index (κ3) is 6.73. The highest BCUT2D eigenvalue weighted by molar-refractivity contribution is 5.80. The molecule has 0 aliphatic carbocycles. The van der Waals surface area contributed by atoms with Gasteiger partial charge in [0.2, 0.25) is 5.91 Å². The van der Waals surface area contributed by atoms with E-state index in [1.54, 1.807) is 0 Å². The molecule has 1 amide bonds. The molecule has 0 spiro atoms. The summed E-state index contributed by atoms with van der Waals surface area (Å²) < 4.78 is 0. The highest BCUT2D eigenvalue weighted by Crippen LogP contribution is 2.19. The zero-order valence-electron chi connectivity index (χ0n) is 18.9. The lowest BCUT2D eigenvalue weighted by molar-refractivity contribution is -0.127. The summed E-state index contributed by atoms with van der Waals surface area (Å²) in [5.74, 6) is 2.14. The highest BCUT2D eigenvalue weighted by atomic mass is 16.2. The van der Waals surface area contributed by atoms with Gasteiger partial charge in [-0.15, -0.1) is 0 Å². The van der Waals surface area contributed by atoms with Crippen LogP contribution < -0.4 is 10.6 Å². The SMILES string of the molecule is CN=C(NCC1CC(=O)N(CCc2ccccc2)C1)NCC1CCCN(C(C)C)C1. The van der Waals surface area contributed by atoms with E-state index in [2.05, 4.69) is 58.6 Å². The van der Waals surface area contributed by atoms with Gasteiger partial charge in [0.1, 0.15) is 0 Å². The van der Waals surface area contributed by atoms with E-state index in [0.717, 1.165) is 45.1 Å². The fourth-order valence-corrected chi connectivity index (χ4v) is 4.55. The lowest BCUT2D eigenvalue weighted by Gasteiger charge is -2.35. The molecule has 0 radical (unpaired) electrons. The van der Waals surface area contributed by atoms with Crippen LogP contribution >= 0.6 is 0 Å². The van der Waals surface area contributed by atoms with E-state index in [1.807, 2.05) is 18.0 Å². The molecule has 30 heavy (non-hydrogen) atoms. The standard InChI is InChI=1S/C24H39N5O/c1-19(2)28-12-7-10-21(17-28)15-26-24(25-3)27-16-22-14-23(30)29(18-22)13-11-20-8-5-4-6-9-20/h4-6,8-9,19,21-22H,7,10-18H2,1-3H3,(H2,25,26,27). The van der Waals surface area contributed by atoms with Crippen LogP contribution in [0, 0.1) is 11.8 Å². The predicted molar refractivity (Wildman–Crippen MR) is 124 cm³/mol. The third-order valence-corrected chi connectivity index (χ3v) is 6.43. The van der Waals surface area contributed by atoms with Crippen LogP contribution in [0.2, 0.25) is 0 Å². The van der Waals surface area contributed by atoms with Crippen molar-refractivity contribution in [2.45, 2.75) is 45.6 Å². The van der Waals surface area contributed by atoms with Crippen molar-refractivity contribution in [3.63, 3.8) is 0 Å². The Morgan fingerprint density at radius 2 is 1.87 bits per heavy atom. The van der Waals surface area contributed by atoms with Crippen LogP contribution in [0.4, 0.5) is 0 Å². The Bertz CT molecular complexity index is 690. The van der Waals surface area contributed by atoms with E-state index in [1.165, 1.54) is 24.9 Å². The molecule has 2 saturated heterocycles. The molecular formula is C24H39N5O. The number of benzene rings is 1. The normalized spacial score (nSPS) is 23.3. The van der Waals surface area contributed by atoms with Crippen LogP contribution in [0.15, 0.2) is 35.3 Å². The van der Waals surface area contributed by atoms with Gasteiger partial charge in [0, 0.05) is 58.2 Å². The monoisotopic (exact) mass is 413 g/mol. The lowest BCUT2D eigenvalue weighted by Crippen LogP contribution is -2.46. The Kier molecular flexibility index (Phi) is 8.55. The number of guanidine groups is 1. The fourth-order valence-electron chi connectivity index (χ4n) is 4.55. The van der Waals surface area contributed by atoms with Crippen molar-refractivity contribution in [3.8, 4) is 0 Å².